The second-order valence-electron chi connectivity index (χ2n) is 5.05. The van der Waals surface area contributed by atoms with Crippen molar-refractivity contribution < 1.29 is 4.79 Å². The van der Waals surface area contributed by atoms with Gasteiger partial charge in [0.15, 0.2) is 0 Å². The van der Waals surface area contributed by atoms with Crippen molar-refractivity contribution in [1.29, 1.82) is 5.41 Å². The molecule has 1 aromatic carbocycles. The predicted octanol–water partition coefficient (Wildman–Crippen LogP) is 2.26. The van der Waals surface area contributed by atoms with Crippen LogP contribution in [-0.4, -0.2) is 10.5 Å². The minimum Gasteiger partial charge on any atom is -0.365 e. The zero-order chi connectivity index (χ0) is 14.3. The van der Waals surface area contributed by atoms with Crippen molar-refractivity contribution in [2.75, 3.05) is 0 Å². The highest BCUT2D eigenvalue weighted by atomic mass is 35.5. The number of halogens is 1. The molecule has 0 atom stereocenters. The summed E-state index contributed by atoms with van der Waals surface area (Å²) in [5, 5.41) is 8.64. The molecule has 1 aliphatic carbocycles. The number of nitrogens with zero attached hydrogens (tertiary/aromatic N) is 1. The van der Waals surface area contributed by atoms with Crippen LogP contribution in [0.15, 0.2) is 42.6 Å². The molecule has 2 aromatic rings. The highest BCUT2D eigenvalue weighted by molar-refractivity contribution is 6.30. The summed E-state index contributed by atoms with van der Waals surface area (Å²) < 4.78 is 1.77. The van der Waals surface area contributed by atoms with Gasteiger partial charge >= 0.3 is 0 Å². The van der Waals surface area contributed by atoms with Gasteiger partial charge in [-0.15, -0.1) is 0 Å². The van der Waals surface area contributed by atoms with Crippen molar-refractivity contribution in [3.8, 4) is 0 Å². The number of rotatable bonds is 3. The third-order valence-electron chi connectivity index (χ3n) is 3.79. The molecule has 1 amide bonds. The lowest BCUT2D eigenvalue weighted by Gasteiger charge is -2.21. The first-order valence-electron chi connectivity index (χ1n) is 6.37. The van der Waals surface area contributed by atoms with Crippen LogP contribution in [0.25, 0.3) is 0 Å². The minimum absolute atomic E-state index is 0.114. The molecule has 20 heavy (non-hydrogen) atoms. The minimum atomic E-state index is -0.630. The number of aromatic nitrogens is 1. The van der Waals surface area contributed by atoms with Crippen LogP contribution in [0.2, 0.25) is 5.02 Å². The fraction of sp³-hybridized carbons (Fsp3) is 0.200. The number of primary amides is 1. The Morgan fingerprint density at radius 1 is 1.30 bits per heavy atom. The van der Waals surface area contributed by atoms with Crippen LogP contribution in [0.3, 0.4) is 0 Å². The molecule has 0 spiro atoms. The quantitative estimate of drug-likeness (QED) is 0.893. The second-order valence-corrected chi connectivity index (χ2v) is 5.49. The zero-order valence-corrected chi connectivity index (χ0v) is 11.5. The monoisotopic (exact) mass is 287 g/mol. The number of hydrogen-bond acceptors (Lipinski definition) is 2. The number of benzene rings is 1. The fourth-order valence-electron chi connectivity index (χ4n) is 2.62. The summed E-state index contributed by atoms with van der Waals surface area (Å²) in [5.74, 6) is -0.630. The van der Waals surface area contributed by atoms with Gasteiger partial charge in [0.25, 0.3) is 5.91 Å². The highest BCUT2D eigenvalue weighted by Gasteiger charge is 2.46. The van der Waals surface area contributed by atoms with Gasteiger partial charge in [-0.3, -0.25) is 10.2 Å². The Hall–Kier alpha value is -2.07. The van der Waals surface area contributed by atoms with Gasteiger partial charge in [0.2, 0.25) is 0 Å². The highest BCUT2D eigenvalue weighted by Crippen LogP contribution is 2.48. The number of nitrogens with two attached hydrogens (primary N) is 1. The van der Waals surface area contributed by atoms with Gasteiger partial charge in [0.1, 0.15) is 5.49 Å². The van der Waals surface area contributed by atoms with Crippen LogP contribution in [0, 0.1) is 5.41 Å². The van der Waals surface area contributed by atoms with E-state index in [0.29, 0.717) is 5.02 Å². The van der Waals surface area contributed by atoms with Crippen LogP contribution in [-0.2, 0) is 5.54 Å². The maximum atomic E-state index is 11.4. The lowest BCUT2D eigenvalue weighted by molar-refractivity contribution is 0.0997. The lowest BCUT2D eigenvalue weighted by atomic mass is 10.0. The summed E-state index contributed by atoms with van der Waals surface area (Å²) in [6.45, 7) is 0. The molecular weight excluding hydrogens is 274 g/mol. The van der Waals surface area contributed by atoms with E-state index in [1.54, 1.807) is 10.8 Å². The first kappa shape index (κ1) is 12.9. The number of carbonyl (C=O) groups is 1. The van der Waals surface area contributed by atoms with E-state index in [2.05, 4.69) is 0 Å². The molecule has 1 aromatic heterocycles. The first-order valence-corrected chi connectivity index (χ1v) is 6.75. The average Bonchev–Trinajstić information content (AvgIpc) is 3.23. The number of carbonyl (C=O) groups excluding carboxylic acids is 1. The van der Waals surface area contributed by atoms with Gasteiger partial charge in [-0.05, 0) is 24.5 Å². The smallest absolute Gasteiger partial charge is 0.252 e. The first-order chi connectivity index (χ1) is 9.54. The predicted molar refractivity (Wildman–Crippen MR) is 76.6 cm³/mol. The van der Waals surface area contributed by atoms with E-state index < -0.39 is 5.91 Å². The van der Waals surface area contributed by atoms with Crippen LogP contribution < -0.4 is 11.2 Å². The van der Waals surface area contributed by atoms with E-state index in [-0.39, 0.29) is 16.6 Å². The molecule has 0 saturated heterocycles. The maximum absolute atomic E-state index is 11.4. The lowest BCUT2D eigenvalue weighted by Crippen LogP contribution is -2.36. The van der Waals surface area contributed by atoms with Crippen LogP contribution in [0.4, 0.5) is 0 Å². The zero-order valence-electron chi connectivity index (χ0n) is 10.8. The normalized spacial score (nSPS) is 15.8. The number of nitrogens with one attached hydrogen (secondary N) is 1. The molecule has 1 aliphatic rings. The fourth-order valence-corrected chi connectivity index (χ4v) is 2.83. The summed E-state index contributed by atoms with van der Waals surface area (Å²) in [6.07, 6.45) is 3.55. The Bertz CT molecular complexity index is 733. The van der Waals surface area contributed by atoms with Gasteiger partial charge in [-0.2, -0.15) is 0 Å². The standard InChI is InChI=1S/C15H14ClN3O/c16-11-8-12(14(18)20)13(17)19(9-11)15(6-7-15)10-4-2-1-3-5-10/h1-5,8-9,17H,6-7H2,(H2,18,20). The largest absolute Gasteiger partial charge is 0.365 e. The average molecular weight is 288 g/mol. The molecule has 0 radical (unpaired) electrons. The Labute approximate surface area is 121 Å². The Morgan fingerprint density at radius 2 is 1.95 bits per heavy atom. The van der Waals surface area contributed by atoms with Gasteiger partial charge in [-0.1, -0.05) is 41.9 Å². The van der Waals surface area contributed by atoms with Gasteiger partial charge in [0.05, 0.1) is 16.1 Å². The molecular formula is C15H14ClN3O. The van der Waals surface area contributed by atoms with E-state index >= 15 is 0 Å². The van der Waals surface area contributed by atoms with Crippen LogP contribution >= 0.6 is 11.6 Å². The summed E-state index contributed by atoms with van der Waals surface area (Å²) in [7, 11) is 0. The van der Waals surface area contributed by atoms with E-state index in [4.69, 9.17) is 22.7 Å². The molecule has 0 bridgehead atoms. The molecule has 4 nitrogen and oxygen atoms in total. The number of pyridine rings is 1. The second kappa shape index (κ2) is 4.49. The van der Waals surface area contributed by atoms with Gasteiger partial charge in [0, 0.05) is 6.20 Å². The molecule has 102 valence electrons. The third-order valence-corrected chi connectivity index (χ3v) is 4.00. The summed E-state index contributed by atoms with van der Waals surface area (Å²) in [5.41, 5.74) is 6.44. The molecule has 1 heterocycles. The Balaban J connectivity index is 2.21. The van der Waals surface area contributed by atoms with Crippen molar-refractivity contribution >= 4 is 17.5 Å². The van der Waals surface area contributed by atoms with Gasteiger partial charge in [-0.25, -0.2) is 0 Å². The van der Waals surface area contributed by atoms with Crippen molar-refractivity contribution in [1.82, 2.24) is 4.57 Å². The molecule has 3 rings (SSSR count). The summed E-state index contributed by atoms with van der Waals surface area (Å²) in [4.78, 5) is 11.4. The van der Waals surface area contributed by atoms with E-state index in [0.717, 1.165) is 18.4 Å². The van der Waals surface area contributed by atoms with Crippen molar-refractivity contribution in [3.05, 3.63) is 64.2 Å². The molecule has 5 heteroatoms. The van der Waals surface area contributed by atoms with Crippen molar-refractivity contribution in [3.63, 3.8) is 0 Å². The molecule has 0 aliphatic heterocycles. The number of amides is 1. The van der Waals surface area contributed by atoms with E-state index in [1.165, 1.54) is 6.07 Å². The SMILES string of the molecule is N=c1c(C(N)=O)cc(Cl)cn1C1(c2ccccc2)CC1. The maximum Gasteiger partial charge on any atom is 0.252 e. The summed E-state index contributed by atoms with van der Waals surface area (Å²) >= 11 is 6.08. The van der Waals surface area contributed by atoms with Crippen LogP contribution in [0.5, 0.6) is 0 Å². The molecule has 0 unspecified atom stereocenters. The summed E-state index contributed by atoms with van der Waals surface area (Å²) in [6, 6.07) is 11.4. The van der Waals surface area contributed by atoms with Crippen molar-refractivity contribution in [2.24, 2.45) is 5.73 Å². The van der Waals surface area contributed by atoms with E-state index in [9.17, 15) is 4.79 Å². The third kappa shape index (κ3) is 1.93. The molecule has 3 N–H and O–H groups in total. The van der Waals surface area contributed by atoms with Gasteiger partial charge < -0.3 is 10.3 Å². The Morgan fingerprint density at radius 3 is 2.50 bits per heavy atom. The molecule has 1 fully saturated rings. The van der Waals surface area contributed by atoms with E-state index in [1.807, 2.05) is 30.3 Å². The van der Waals surface area contributed by atoms with Crippen LogP contribution in [0.1, 0.15) is 28.8 Å². The van der Waals surface area contributed by atoms with Crippen molar-refractivity contribution in [2.45, 2.75) is 18.4 Å². The topological polar surface area (TPSA) is 71.9 Å². The Kier molecular flexibility index (Phi) is 2.91. The molecule has 1 saturated carbocycles. The number of hydrogen-bond donors (Lipinski definition) is 2.